The fraction of sp³-hybridized carbons (Fsp3) is 0.182. The molecule has 0 aliphatic carbocycles. The molecule has 1 fully saturated rings. The van der Waals surface area contributed by atoms with Crippen LogP contribution >= 0.6 is 0 Å². The Balaban J connectivity index is 1.73. The summed E-state index contributed by atoms with van der Waals surface area (Å²) in [4.78, 5) is 43.7. The number of amides is 2. The minimum absolute atomic E-state index is 0.354. The molecular formula is C33H30N2O4. The summed E-state index contributed by atoms with van der Waals surface area (Å²) in [6, 6.07) is 35.3. The van der Waals surface area contributed by atoms with Crippen molar-refractivity contribution in [3.63, 3.8) is 0 Å². The van der Waals surface area contributed by atoms with Gasteiger partial charge in [-0.05, 0) is 35.7 Å². The van der Waals surface area contributed by atoms with E-state index in [1.807, 2.05) is 86.6 Å². The maximum atomic E-state index is 14.4. The van der Waals surface area contributed by atoms with Crippen molar-refractivity contribution in [1.29, 1.82) is 0 Å². The molecule has 1 aliphatic heterocycles. The minimum atomic E-state index is -1.56. The van der Waals surface area contributed by atoms with E-state index in [0.717, 1.165) is 0 Å². The van der Waals surface area contributed by atoms with Crippen LogP contribution < -0.4 is 5.32 Å². The van der Waals surface area contributed by atoms with E-state index in [0.29, 0.717) is 22.3 Å². The van der Waals surface area contributed by atoms with Gasteiger partial charge in [0.05, 0.1) is 6.04 Å². The second-order valence-corrected chi connectivity index (χ2v) is 9.87. The van der Waals surface area contributed by atoms with Crippen LogP contribution in [0.3, 0.4) is 0 Å². The highest BCUT2D eigenvalue weighted by molar-refractivity contribution is 6.01. The third-order valence-corrected chi connectivity index (χ3v) is 7.27. The summed E-state index contributed by atoms with van der Waals surface area (Å²) in [6.07, 6.45) is -0.978. The molecule has 1 heterocycles. The van der Waals surface area contributed by atoms with Gasteiger partial charge in [-0.2, -0.15) is 0 Å². The fourth-order valence-electron chi connectivity index (χ4n) is 5.37. The Kier molecular flexibility index (Phi) is 7.28. The summed E-state index contributed by atoms with van der Waals surface area (Å²) in [7, 11) is 0. The Morgan fingerprint density at radius 2 is 1.23 bits per heavy atom. The SMILES string of the molecule is CC(C)[C@]1([C@H](NC(=O)c2ccccc2)c2ccccc2)C(=O)O[C@H](c2ccccc2)N1C(=O)c1ccccc1. The maximum absolute atomic E-state index is 14.4. The van der Waals surface area contributed by atoms with Crippen molar-refractivity contribution in [2.45, 2.75) is 31.7 Å². The van der Waals surface area contributed by atoms with E-state index >= 15 is 0 Å². The van der Waals surface area contributed by atoms with Crippen LogP contribution in [-0.2, 0) is 9.53 Å². The van der Waals surface area contributed by atoms with Crippen LogP contribution in [0.2, 0.25) is 0 Å². The standard InChI is InChI=1S/C33H30N2O4/c1-23(2)33(28(24-15-7-3-8-16-24)34-29(36)25-17-9-4-10-18-25)32(38)39-31(27-21-13-6-14-22-27)35(33)30(37)26-19-11-5-12-20-26/h3-23,28,31H,1-2H3,(H,34,36)/t28-,31-,33+/m1/s1. The minimum Gasteiger partial charge on any atom is -0.435 e. The molecule has 5 rings (SSSR count). The second kappa shape index (κ2) is 11.0. The quantitative estimate of drug-likeness (QED) is 0.307. The lowest BCUT2D eigenvalue weighted by molar-refractivity contribution is -0.147. The Labute approximate surface area is 228 Å². The first-order valence-electron chi connectivity index (χ1n) is 13.0. The summed E-state index contributed by atoms with van der Waals surface area (Å²) in [5, 5.41) is 3.12. The first kappa shape index (κ1) is 25.9. The topological polar surface area (TPSA) is 75.7 Å². The highest BCUT2D eigenvalue weighted by atomic mass is 16.6. The van der Waals surface area contributed by atoms with Crippen molar-refractivity contribution in [3.05, 3.63) is 144 Å². The molecule has 6 heteroatoms. The normalized spacial score (nSPS) is 19.4. The molecule has 0 aromatic heterocycles. The molecule has 6 nitrogen and oxygen atoms in total. The highest BCUT2D eigenvalue weighted by Gasteiger charge is 2.64. The molecule has 0 saturated carbocycles. The van der Waals surface area contributed by atoms with Crippen LogP contribution in [0.5, 0.6) is 0 Å². The van der Waals surface area contributed by atoms with Crippen LogP contribution in [0.1, 0.15) is 58.0 Å². The molecule has 39 heavy (non-hydrogen) atoms. The Hall–Kier alpha value is -4.71. The summed E-state index contributed by atoms with van der Waals surface area (Å²) in [5.41, 5.74) is 0.664. The van der Waals surface area contributed by atoms with Gasteiger partial charge in [-0.15, -0.1) is 0 Å². The molecule has 0 radical (unpaired) electrons. The van der Waals surface area contributed by atoms with Crippen molar-refractivity contribution >= 4 is 17.8 Å². The van der Waals surface area contributed by atoms with E-state index in [4.69, 9.17) is 4.74 Å². The van der Waals surface area contributed by atoms with Gasteiger partial charge in [0.15, 0.2) is 5.54 Å². The molecule has 1 saturated heterocycles. The largest absolute Gasteiger partial charge is 0.435 e. The molecule has 0 spiro atoms. The van der Waals surface area contributed by atoms with E-state index in [9.17, 15) is 14.4 Å². The number of ether oxygens (including phenoxy) is 1. The Morgan fingerprint density at radius 3 is 1.77 bits per heavy atom. The summed E-state index contributed by atoms with van der Waals surface area (Å²) in [5.74, 6) is -1.73. The number of nitrogens with zero attached hydrogens (tertiary/aromatic N) is 1. The number of hydrogen-bond acceptors (Lipinski definition) is 4. The Morgan fingerprint density at radius 1 is 0.744 bits per heavy atom. The lowest BCUT2D eigenvalue weighted by atomic mass is 9.75. The predicted octanol–water partition coefficient (Wildman–Crippen LogP) is 5.95. The average molecular weight is 519 g/mol. The molecule has 1 N–H and O–H groups in total. The highest BCUT2D eigenvalue weighted by Crippen LogP contribution is 2.50. The summed E-state index contributed by atoms with van der Waals surface area (Å²) in [6.45, 7) is 3.76. The lowest BCUT2D eigenvalue weighted by Gasteiger charge is -2.45. The third-order valence-electron chi connectivity index (χ3n) is 7.27. The number of benzene rings is 4. The molecule has 0 bridgehead atoms. The number of carbonyl (C=O) groups excluding carboxylic acids is 3. The molecule has 2 amide bonds. The lowest BCUT2D eigenvalue weighted by Crippen LogP contribution is -2.63. The zero-order valence-corrected chi connectivity index (χ0v) is 21.9. The number of nitrogens with one attached hydrogen (secondary N) is 1. The van der Waals surface area contributed by atoms with E-state index in [-0.39, 0.29) is 11.8 Å². The van der Waals surface area contributed by atoms with Gasteiger partial charge in [-0.1, -0.05) is 111 Å². The van der Waals surface area contributed by atoms with Crippen molar-refractivity contribution in [1.82, 2.24) is 10.2 Å². The van der Waals surface area contributed by atoms with Gasteiger partial charge >= 0.3 is 5.97 Å². The second-order valence-electron chi connectivity index (χ2n) is 9.87. The molecule has 0 unspecified atom stereocenters. The molecule has 1 aliphatic rings. The molecule has 4 aromatic rings. The fourth-order valence-corrected chi connectivity index (χ4v) is 5.37. The summed E-state index contributed by atoms with van der Waals surface area (Å²) >= 11 is 0. The Bertz CT molecular complexity index is 1440. The summed E-state index contributed by atoms with van der Waals surface area (Å²) < 4.78 is 6.08. The van der Waals surface area contributed by atoms with Crippen molar-refractivity contribution < 1.29 is 19.1 Å². The van der Waals surface area contributed by atoms with Crippen LogP contribution in [0.4, 0.5) is 0 Å². The van der Waals surface area contributed by atoms with Gasteiger partial charge in [0.2, 0.25) is 6.23 Å². The number of rotatable bonds is 7. The van der Waals surface area contributed by atoms with E-state index in [2.05, 4.69) is 5.32 Å². The first-order chi connectivity index (χ1) is 18.9. The van der Waals surface area contributed by atoms with Gasteiger partial charge < -0.3 is 10.1 Å². The third kappa shape index (κ3) is 4.70. The van der Waals surface area contributed by atoms with Crippen LogP contribution in [0, 0.1) is 5.92 Å². The van der Waals surface area contributed by atoms with Gasteiger partial charge in [-0.3, -0.25) is 14.5 Å². The molecule has 3 atom stereocenters. The monoisotopic (exact) mass is 518 g/mol. The van der Waals surface area contributed by atoms with E-state index in [1.165, 1.54) is 4.90 Å². The number of carbonyl (C=O) groups is 3. The average Bonchev–Trinajstić information content (AvgIpc) is 3.30. The van der Waals surface area contributed by atoms with Crippen molar-refractivity contribution in [2.75, 3.05) is 0 Å². The van der Waals surface area contributed by atoms with Crippen LogP contribution in [0.15, 0.2) is 121 Å². The van der Waals surface area contributed by atoms with Gasteiger partial charge in [0, 0.05) is 16.7 Å². The zero-order chi connectivity index (χ0) is 27.4. The zero-order valence-electron chi connectivity index (χ0n) is 21.9. The van der Waals surface area contributed by atoms with Gasteiger partial charge in [0.1, 0.15) is 0 Å². The molecule has 4 aromatic carbocycles. The van der Waals surface area contributed by atoms with Crippen LogP contribution in [-0.4, -0.2) is 28.2 Å². The van der Waals surface area contributed by atoms with Gasteiger partial charge in [-0.25, -0.2) is 4.79 Å². The van der Waals surface area contributed by atoms with E-state index < -0.39 is 29.7 Å². The number of esters is 1. The van der Waals surface area contributed by atoms with Crippen molar-refractivity contribution in [2.24, 2.45) is 5.92 Å². The predicted molar refractivity (Wildman–Crippen MR) is 149 cm³/mol. The van der Waals surface area contributed by atoms with E-state index in [1.54, 1.807) is 48.5 Å². The number of hydrogen-bond donors (Lipinski definition) is 1. The van der Waals surface area contributed by atoms with Crippen molar-refractivity contribution in [3.8, 4) is 0 Å². The molecule has 196 valence electrons. The maximum Gasteiger partial charge on any atom is 0.337 e. The van der Waals surface area contributed by atoms with Gasteiger partial charge in [0.25, 0.3) is 11.8 Å². The molecular weight excluding hydrogens is 488 g/mol. The first-order valence-corrected chi connectivity index (χ1v) is 13.0. The number of cyclic esters (lactones) is 1. The smallest absolute Gasteiger partial charge is 0.337 e. The van der Waals surface area contributed by atoms with Crippen LogP contribution in [0.25, 0.3) is 0 Å².